The quantitative estimate of drug-likeness (QED) is 0.420. The van der Waals surface area contributed by atoms with Gasteiger partial charge in [0.15, 0.2) is 0 Å². The fourth-order valence-corrected chi connectivity index (χ4v) is 1.82. The Labute approximate surface area is 129 Å². The van der Waals surface area contributed by atoms with Crippen LogP contribution in [-0.2, 0) is 17.6 Å². The van der Waals surface area contributed by atoms with Crippen LogP contribution < -0.4 is 0 Å². The zero-order valence-electron chi connectivity index (χ0n) is 11.7. The second-order valence-electron chi connectivity index (χ2n) is 4.63. The largest absolute Gasteiger partial charge is 0.416 e. The molecule has 0 unspecified atom stereocenters. The van der Waals surface area contributed by atoms with Gasteiger partial charge in [0.1, 0.15) is 6.61 Å². The highest BCUT2D eigenvalue weighted by Gasteiger charge is 2.29. The lowest BCUT2D eigenvalue weighted by Crippen LogP contribution is -2.04. The van der Waals surface area contributed by atoms with Crippen LogP contribution in [0.3, 0.4) is 0 Å². The summed E-state index contributed by atoms with van der Waals surface area (Å²) in [6.45, 7) is -0.0640. The molecule has 122 valence electrons. The van der Waals surface area contributed by atoms with E-state index >= 15 is 0 Å². The molecule has 0 aliphatic carbocycles. The van der Waals surface area contributed by atoms with Crippen LogP contribution in [0.25, 0.3) is 0 Å². The molecular weight excluding hydrogens is 317 g/mol. The lowest BCUT2D eigenvalue weighted by molar-refractivity contribution is -0.137. The van der Waals surface area contributed by atoms with E-state index in [0.717, 1.165) is 18.3 Å². The van der Waals surface area contributed by atoms with Crippen LogP contribution in [0.2, 0.25) is 0 Å². The average Bonchev–Trinajstić information content (AvgIpc) is 2.51. The molecule has 0 N–H and O–H groups in total. The number of hydrogen-bond donors (Lipinski definition) is 0. The highest BCUT2D eigenvalue weighted by Crippen LogP contribution is 2.29. The average molecular weight is 329 g/mol. The zero-order chi connectivity index (χ0) is 16.9. The minimum absolute atomic E-state index is 0.0640. The molecule has 0 radical (unpaired) electrons. The summed E-state index contributed by atoms with van der Waals surface area (Å²) in [6, 6.07) is 10.2. The van der Waals surface area contributed by atoms with Gasteiger partial charge in [-0.1, -0.05) is 41.6 Å². The van der Waals surface area contributed by atoms with Gasteiger partial charge in [0.25, 0.3) is 6.43 Å². The first-order valence-electron chi connectivity index (χ1n) is 6.56. The van der Waals surface area contributed by atoms with Crippen molar-refractivity contribution in [2.75, 3.05) is 0 Å². The number of hydrogen-bond acceptors (Lipinski definition) is 2. The lowest BCUT2D eigenvalue weighted by Gasteiger charge is -2.07. The fourth-order valence-electron chi connectivity index (χ4n) is 1.82. The summed E-state index contributed by atoms with van der Waals surface area (Å²) in [7, 11) is 0. The van der Waals surface area contributed by atoms with Gasteiger partial charge in [0, 0.05) is 11.1 Å². The number of alkyl halides is 5. The minimum atomic E-state index is -4.39. The third-order valence-electron chi connectivity index (χ3n) is 3.01. The van der Waals surface area contributed by atoms with Crippen LogP contribution >= 0.6 is 0 Å². The first-order valence-corrected chi connectivity index (χ1v) is 6.56. The molecule has 0 atom stereocenters. The predicted octanol–water partition coefficient (Wildman–Crippen LogP) is 5.19. The number of oxime groups is 1. The van der Waals surface area contributed by atoms with Crippen molar-refractivity contribution in [2.24, 2.45) is 5.16 Å². The Morgan fingerprint density at radius 3 is 2.26 bits per heavy atom. The minimum Gasteiger partial charge on any atom is -0.391 e. The van der Waals surface area contributed by atoms with Crippen LogP contribution in [0.15, 0.2) is 53.7 Å². The molecule has 2 aromatic rings. The number of nitrogens with zero attached hydrogens (tertiary/aromatic N) is 1. The molecule has 0 fully saturated rings. The Hall–Kier alpha value is -2.44. The Morgan fingerprint density at radius 2 is 1.65 bits per heavy atom. The summed E-state index contributed by atoms with van der Waals surface area (Å²) >= 11 is 0. The molecule has 0 saturated carbocycles. The van der Waals surface area contributed by atoms with E-state index in [1.54, 1.807) is 6.07 Å². The maximum Gasteiger partial charge on any atom is 0.416 e. The molecule has 0 heterocycles. The molecule has 0 amide bonds. The second kappa shape index (κ2) is 7.21. The number of benzene rings is 2. The highest BCUT2D eigenvalue weighted by atomic mass is 19.4. The molecule has 23 heavy (non-hydrogen) atoms. The SMILES string of the molecule is FC(F)c1ccccc1C=NOCc1ccc(C(F)(F)F)cc1. The van der Waals surface area contributed by atoms with E-state index in [4.69, 9.17) is 4.84 Å². The molecule has 0 bridgehead atoms. The highest BCUT2D eigenvalue weighted by molar-refractivity contribution is 5.81. The maximum atomic E-state index is 12.7. The van der Waals surface area contributed by atoms with Crippen molar-refractivity contribution in [3.63, 3.8) is 0 Å². The van der Waals surface area contributed by atoms with Gasteiger partial charge in [0.05, 0.1) is 11.8 Å². The van der Waals surface area contributed by atoms with Crippen molar-refractivity contribution in [3.05, 3.63) is 70.8 Å². The summed E-state index contributed by atoms with van der Waals surface area (Å²) in [5.74, 6) is 0. The molecule has 2 rings (SSSR count). The molecule has 0 spiro atoms. The Kier molecular flexibility index (Phi) is 5.31. The van der Waals surface area contributed by atoms with E-state index in [0.29, 0.717) is 5.56 Å². The second-order valence-corrected chi connectivity index (χ2v) is 4.63. The first kappa shape index (κ1) is 16.9. The molecule has 0 saturated heterocycles. The van der Waals surface area contributed by atoms with E-state index in [2.05, 4.69) is 5.16 Å². The van der Waals surface area contributed by atoms with Gasteiger partial charge >= 0.3 is 6.18 Å². The van der Waals surface area contributed by atoms with Gasteiger partial charge in [-0.3, -0.25) is 0 Å². The summed E-state index contributed by atoms with van der Waals surface area (Å²) < 4.78 is 62.7. The Bertz CT molecular complexity index is 665. The summed E-state index contributed by atoms with van der Waals surface area (Å²) in [6.07, 6.45) is -5.88. The fraction of sp³-hybridized carbons (Fsp3) is 0.188. The van der Waals surface area contributed by atoms with Crippen molar-refractivity contribution in [2.45, 2.75) is 19.2 Å². The van der Waals surface area contributed by atoms with E-state index in [1.807, 2.05) is 0 Å². The van der Waals surface area contributed by atoms with Crippen LogP contribution in [0.1, 0.15) is 28.7 Å². The predicted molar refractivity (Wildman–Crippen MR) is 75.2 cm³/mol. The van der Waals surface area contributed by atoms with Crippen LogP contribution in [0.4, 0.5) is 22.0 Å². The van der Waals surface area contributed by atoms with Gasteiger partial charge in [0.2, 0.25) is 0 Å². The molecule has 0 aliphatic rings. The number of halogens is 5. The molecule has 2 aromatic carbocycles. The van der Waals surface area contributed by atoms with Crippen LogP contribution in [-0.4, -0.2) is 6.21 Å². The van der Waals surface area contributed by atoms with Gasteiger partial charge in [-0.15, -0.1) is 0 Å². The molecule has 0 aliphatic heterocycles. The van der Waals surface area contributed by atoms with E-state index in [-0.39, 0.29) is 17.7 Å². The van der Waals surface area contributed by atoms with Crippen molar-refractivity contribution >= 4 is 6.21 Å². The molecular formula is C16H12F5NO. The van der Waals surface area contributed by atoms with Gasteiger partial charge < -0.3 is 4.84 Å². The van der Waals surface area contributed by atoms with Crippen molar-refractivity contribution < 1.29 is 26.8 Å². The first-order chi connectivity index (χ1) is 10.9. The smallest absolute Gasteiger partial charge is 0.391 e. The van der Waals surface area contributed by atoms with Crippen LogP contribution in [0, 0.1) is 0 Å². The monoisotopic (exact) mass is 329 g/mol. The van der Waals surface area contributed by atoms with Gasteiger partial charge in [-0.2, -0.15) is 13.2 Å². The third kappa shape index (κ3) is 4.77. The van der Waals surface area contributed by atoms with E-state index in [1.165, 1.54) is 30.3 Å². The molecule has 0 aromatic heterocycles. The summed E-state index contributed by atoms with van der Waals surface area (Å²) in [4.78, 5) is 4.93. The number of rotatable bonds is 5. The third-order valence-corrected chi connectivity index (χ3v) is 3.01. The summed E-state index contributed by atoms with van der Waals surface area (Å²) in [5.41, 5.74) is -0.225. The van der Waals surface area contributed by atoms with Gasteiger partial charge in [-0.05, 0) is 17.7 Å². The Balaban J connectivity index is 1.95. The van der Waals surface area contributed by atoms with E-state index in [9.17, 15) is 22.0 Å². The maximum absolute atomic E-state index is 12.7. The van der Waals surface area contributed by atoms with Crippen molar-refractivity contribution in [1.29, 1.82) is 0 Å². The van der Waals surface area contributed by atoms with Gasteiger partial charge in [-0.25, -0.2) is 8.78 Å². The normalized spacial score (nSPS) is 12.1. The topological polar surface area (TPSA) is 21.6 Å². The molecule has 2 nitrogen and oxygen atoms in total. The van der Waals surface area contributed by atoms with Crippen molar-refractivity contribution in [1.82, 2.24) is 0 Å². The molecule has 7 heteroatoms. The van der Waals surface area contributed by atoms with E-state index < -0.39 is 18.2 Å². The lowest BCUT2D eigenvalue weighted by atomic mass is 10.1. The summed E-state index contributed by atoms with van der Waals surface area (Å²) in [5, 5.41) is 3.57. The van der Waals surface area contributed by atoms with Crippen LogP contribution in [0.5, 0.6) is 0 Å². The van der Waals surface area contributed by atoms with Crippen molar-refractivity contribution in [3.8, 4) is 0 Å². The zero-order valence-corrected chi connectivity index (χ0v) is 11.7. The Morgan fingerprint density at radius 1 is 1.00 bits per heavy atom. The standard InChI is InChI=1S/C16H12F5NO/c17-15(18)14-4-2-1-3-12(14)9-22-23-10-11-5-7-13(8-6-11)16(19,20)21/h1-9,15H,10H2.